The molecule has 0 amide bonds. The normalized spacial score (nSPS) is 34.5. The summed E-state index contributed by atoms with van der Waals surface area (Å²) in [5.41, 5.74) is 4.65. The first-order valence-electron chi connectivity index (χ1n) is 7.24. The van der Waals surface area contributed by atoms with Crippen molar-refractivity contribution in [2.45, 2.75) is 22.7 Å². The number of fused-ring (bicyclic) bond motifs is 6. The van der Waals surface area contributed by atoms with Gasteiger partial charge in [-0.1, -0.05) is 71.2 Å². The summed E-state index contributed by atoms with van der Waals surface area (Å²) in [7, 11) is 0. The quantitative estimate of drug-likeness (QED) is 0.317. The van der Waals surface area contributed by atoms with Crippen LogP contribution in [0.25, 0.3) is 5.57 Å². The van der Waals surface area contributed by atoms with Crippen LogP contribution in [0.15, 0.2) is 52.1 Å². The van der Waals surface area contributed by atoms with E-state index in [2.05, 4.69) is 93.8 Å². The Hall–Kier alpha value is -0.100. The molecular formula is C18H16I2. The van der Waals surface area contributed by atoms with Crippen LogP contribution in [0.1, 0.15) is 29.9 Å². The van der Waals surface area contributed by atoms with Crippen molar-refractivity contribution >= 4 is 50.8 Å². The fraction of sp³-hybridized carbons (Fsp3) is 0.333. The van der Waals surface area contributed by atoms with Gasteiger partial charge in [-0.25, -0.2) is 0 Å². The number of rotatable bonds is 0. The SMILES string of the molecule is IC1=CC2c3ccccc3C3=CC(I)CC[C@@H]3C2C=C1. The molecule has 0 N–H and O–H groups in total. The second kappa shape index (κ2) is 5.27. The summed E-state index contributed by atoms with van der Waals surface area (Å²) >= 11 is 5.04. The number of alkyl halides is 1. The zero-order valence-electron chi connectivity index (χ0n) is 11.1. The first kappa shape index (κ1) is 13.6. The van der Waals surface area contributed by atoms with Crippen LogP contribution in [0.3, 0.4) is 0 Å². The van der Waals surface area contributed by atoms with Crippen LogP contribution in [0.4, 0.5) is 0 Å². The van der Waals surface area contributed by atoms with E-state index in [1.165, 1.54) is 27.5 Å². The van der Waals surface area contributed by atoms with E-state index in [4.69, 9.17) is 0 Å². The maximum atomic E-state index is 2.59. The highest BCUT2D eigenvalue weighted by atomic mass is 127. The van der Waals surface area contributed by atoms with Gasteiger partial charge in [-0.2, -0.15) is 0 Å². The molecule has 0 aromatic heterocycles. The number of hydrogen-bond donors (Lipinski definition) is 0. The van der Waals surface area contributed by atoms with Crippen LogP contribution in [0, 0.1) is 11.8 Å². The van der Waals surface area contributed by atoms with Gasteiger partial charge in [-0.15, -0.1) is 0 Å². The highest BCUT2D eigenvalue weighted by Gasteiger charge is 2.39. The average Bonchev–Trinajstić information content (AvgIpc) is 2.47. The Labute approximate surface area is 147 Å². The Morgan fingerprint density at radius 1 is 1.05 bits per heavy atom. The van der Waals surface area contributed by atoms with E-state index in [1.807, 2.05) is 0 Å². The third-order valence-corrected chi connectivity index (χ3v) is 6.54. The van der Waals surface area contributed by atoms with E-state index in [9.17, 15) is 0 Å². The third-order valence-electron chi connectivity index (χ3n) is 4.84. The molecule has 3 aliphatic rings. The van der Waals surface area contributed by atoms with E-state index in [0.29, 0.717) is 15.8 Å². The zero-order chi connectivity index (χ0) is 13.7. The Bertz CT molecular complexity index is 639. The summed E-state index contributed by atoms with van der Waals surface area (Å²) in [6.07, 6.45) is 12.4. The third kappa shape index (κ3) is 2.14. The van der Waals surface area contributed by atoms with E-state index >= 15 is 0 Å². The molecule has 0 fully saturated rings. The van der Waals surface area contributed by atoms with Crippen molar-refractivity contribution in [1.29, 1.82) is 0 Å². The monoisotopic (exact) mass is 486 g/mol. The van der Waals surface area contributed by atoms with E-state index < -0.39 is 0 Å². The lowest BCUT2D eigenvalue weighted by Gasteiger charge is -2.42. The lowest BCUT2D eigenvalue weighted by molar-refractivity contribution is 0.393. The Morgan fingerprint density at radius 3 is 2.80 bits per heavy atom. The van der Waals surface area contributed by atoms with Gasteiger partial charge in [-0.05, 0) is 64.0 Å². The number of benzene rings is 1. The number of halogens is 2. The molecule has 1 aromatic carbocycles. The van der Waals surface area contributed by atoms with E-state index in [-0.39, 0.29) is 0 Å². The van der Waals surface area contributed by atoms with Gasteiger partial charge >= 0.3 is 0 Å². The van der Waals surface area contributed by atoms with Crippen LogP contribution >= 0.6 is 45.2 Å². The second-order valence-electron chi connectivity index (χ2n) is 5.92. The van der Waals surface area contributed by atoms with Crippen molar-refractivity contribution in [2.24, 2.45) is 11.8 Å². The molecule has 20 heavy (non-hydrogen) atoms. The Kier molecular flexibility index (Phi) is 3.57. The van der Waals surface area contributed by atoms with Crippen LogP contribution in [0.5, 0.6) is 0 Å². The molecule has 3 unspecified atom stereocenters. The lowest BCUT2D eigenvalue weighted by atomic mass is 9.62. The maximum Gasteiger partial charge on any atom is 0.0295 e. The van der Waals surface area contributed by atoms with Crippen molar-refractivity contribution < 1.29 is 0 Å². The molecule has 0 aliphatic heterocycles. The summed E-state index contributed by atoms with van der Waals surface area (Å²) in [5.74, 6) is 1.97. The molecule has 3 aliphatic carbocycles. The van der Waals surface area contributed by atoms with Gasteiger partial charge in [-0.3, -0.25) is 0 Å². The zero-order valence-corrected chi connectivity index (χ0v) is 15.4. The van der Waals surface area contributed by atoms with Gasteiger partial charge < -0.3 is 0 Å². The molecule has 0 heterocycles. The minimum Gasteiger partial charge on any atom is -0.0788 e. The van der Waals surface area contributed by atoms with E-state index in [1.54, 1.807) is 5.57 Å². The topological polar surface area (TPSA) is 0 Å². The van der Waals surface area contributed by atoms with Gasteiger partial charge in [0, 0.05) is 13.4 Å². The smallest absolute Gasteiger partial charge is 0.0295 e. The van der Waals surface area contributed by atoms with Crippen LogP contribution < -0.4 is 0 Å². The molecule has 102 valence electrons. The minimum absolute atomic E-state index is 0.580. The van der Waals surface area contributed by atoms with Gasteiger partial charge in [0.15, 0.2) is 0 Å². The fourth-order valence-electron chi connectivity index (χ4n) is 3.98. The van der Waals surface area contributed by atoms with Crippen molar-refractivity contribution in [3.8, 4) is 0 Å². The van der Waals surface area contributed by atoms with Gasteiger partial charge in [0.1, 0.15) is 0 Å². The number of allylic oxidation sites excluding steroid dienone is 6. The predicted molar refractivity (Wildman–Crippen MR) is 102 cm³/mol. The molecule has 0 saturated carbocycles. The first-order valence-corrected chi connectivity index (χ1v) is 9.57. The molecular weight excluding hydrogens is 470 g/mol. The molecule has 0 spiro atoms. The van der Waals surface area contributed by atoms with Gasteiger partial charge in [0.05, 0.1) is 0 Å². The van der Waals surface area contributed by atoms with E-state index in [0.717, 1.165) is 5.92 Å². The Morgan fingerprint density at radius 2 is 1.90 bits per heavy atom. The molecule has 0 radical (unpaired) electrons. The number of hydrogen-bond acceptors (Lipinski definition) is 0. The second-order valence-corrected chi connectivity index (χ2v) is 8.77. The lowest BCUT2D eigenvalue weighted by Crippen LogP contribution is -2.30. The highest BCUT2D eigenvalue weighted by Crippen LogP contribution is 2.53. The van der Waals surface area contributed by atoms with Crippen LogP contribution in [0.2, 0.25) is 0 Å². The predicted octanol–water partition coefficient (Wildman–Crippen LogP) is 5.89. The maximum absolute atomic E-state index is 2.59. The summed E-state index contributed by atoms with van der Waals surface area (Å²) in [4.78, 5) is 0. The van der Waals surface area contributed by atoms with Crippen molar-refractivity contribution in [3.05, 3.63) is 63.3 Å². The molecule has 0 bridgehead atoms. The molecule has 4 rings (SSSR count). The standard InChI is InChI=1S/C18H16I2/c19-11-5-7-15-16-8-6-12(20)10-18(16)14-4-2-1-3-13(14)17(15)9-11/h1-5,7,9-10,12,15-17H,6,8H2/t12?,15?,16-,17?/m1/s1. The minimum atomic E-state index is 0.580. The summed E-state index contributed by atoms with van der Waals surface area (Å²) in [6.45, 7) is 0. The van der Waals surface area contributed by atoms with Crippen molar-refractivity contribution in [1.82, 2.24) is 0 Å². The molecule has 2 heteroatoms. The fourth-order valence-corrected chi connectivity index (χ4v) is 5.32. The molecule has 0 nitrogen and oxygen atoms in total. The van der Waals surface area contributed by atoms with Gasteiger partial charge in [0.2, 0.25) is 0 Å². The van der Waals surface area contributed by atoms with Crippen molar-refractivity contribution in [3.63, 3.8) is 0 Å². The summed E-state index contributed by atoms with van der Waals surface area (Å²) in [5, 5.41) is 0. The van der Waals surface area contributed by atoms with Crippen LogP contribution in [-0.2, 0) is 0 Å². The summed E-state index contributed by atoms with van der Waals surface area (Å²) < 4.78 is 2.08. The summed E-state index contributed by atoms with van der Waals surface area (Å²) in [6, 6.07) is 9.06. The first-order chi connectivity index (χ1) is 9.74. The molecule has 0 saturated heterocycles. The van der Waals surface area contributed by atoms with Gasteiger partial charge in [0.25, 0.3) is 0 Å². The van der Waals surface area contributed by atoms with Crippen LogP contribution in [-0.4, -0.2) is 3.92 Å². The average molecular weight is 486 g/mol. The Balaban J connectivity index is 1.93. The largest absolute Gasteiger partial charge is 0.0788 e. The highest BCUT2D eigenvalue weighted by molar-refractivity contribution is 14.1. The molecule has 1 aromatic rings. The van der Waals surface area contributed by atoms with Crippen molar-refractivity contribution in [2.75, 3.05) is 0 Å². The molecule has 4 atom stereocenters.